The maximum atomic E-state index is 13.8. The molecule has 1 amide bonds. The van der Waals surface area contributed by atoms with Gasteiger partial charge in [-0.1, -0.05) is 12.1 Å². The summed E-state index contributed by atoms with van der Waals surface area (Å²) in [6.45, 7) is -5.74. The highest BCUT2D eigenvalue weighted by molar-refractivity contribution is 5.97. The molecular weight excluding hydrogens is 272 g/mol. The Morgan fingerprint density at radius 2 is 2.32 bits per heavy atom. The molecule has 0 radical (unpaired) electrons. The van der Waals surface area contributed by atoms with Gasteiger partial charge in [0.25, 0.3) is 5.91 Å². The number of nitrogens with zero attached hydrogens (tertiary/aromatic N) is 2. The Morgan fingerprint density at radius 1 is 1.36 bits per heavy atom. The molecule has 3 heteroatoms. The van der Waals surface area contributed by atoms with Gasteiger partial charge in [0.1, 0.15) is 0 Å². The highest BCUT2D eigenvalue weighted by atomic mass is 16.2. The van der Waals surface area contributed by atoms with E-state index in [1.165, 1.54) is 0 Å². The standard InChI is InChI=1S/C19H24N2O/c22-19-16-6-2-4-14-3-1-5-15(18(14)16)11-21(19)17-12-20-9-7-13(17)8-10-20/h2,4,6,13,15,17H,1,3,5,7-12H2/t15-,17-/m1/s1/i2D,3D2,4D,6D,7D2,9D2,12D2,13D/t13-,15+,17+/m0. The van der Waals surface area contributed by atoms with Crippen molar-refractivity contribution < 1.29 is 21.2 Å². The topological polar surface area (TPSA) is 23.6 Å². The van der Waals surface area contributed by atoms with E-state index < -0.39 is 67.6 Å². The molecule has 5 aliphatic rings. The molecule has 4 atom stereocenters. The summed E-state index contributed by atoms with van der Waals surface area (Å²) in [7, 11) is 0. The summed E-state index contributed by atoms with van der Waals surface area (Å²) in [5.41, 5.74) is -0.213. The van der Waals surface area contributed by atoms with Crippen LogP contribution >= 0.6 is 0 Å². The molecule has 4 aliphatic heterocycles. The number of rotatable bonds is 1. The predicted octanol–water partition coefficient (Wildman–Crippen LogP) is 2.66. The van der Waals surface area contributed by atoms with Gasteiger partial charge in [-0.2, -0.15) is 0 Å². The summed E-state index contributed by atoms with van der Waals surface area (Å²) in [5, 5.41) is 0. The summed E-state index contributed by atoms with van der Waals surface area (Å²) >= 11 is 0. The molecule has 1 unspecified atom stereocenters. The molecule has 3 saturated heterocycles. The fourth-order valence-electron chi connectivity index (χ4n) is 3.79. The first-order valence-corrected chi connectivity index (χ1v) is 7.66. The van der Waals surface area contributed by atoms with Gasteiger partial charge in [0.15, 0.2) is 0 Å². The summed E-state index contributed by atoms with van der Waals surface area (Å²) in [6, 6.07) is -3.32. The first-order valence-electron chi connectivity index (χ1n) is 13.7. The number of piperidine rings is 3. The number of hydrogen-bond acceptors (Lipinski definition) is 2. The van der Waals surface area contributed by atoms with Crippen LogP contribution in [0.5, 0.6) is 0 Å². The lowest BCUT2D eigenvalue weighted by Gasteiger charge is -2.51. The molecule has 2 bridgehead atoms. The van der Waals surface area contributed by atoms with Gasteiger partial charge < -0.3 is 9.80 Å². The van der Waals surface area contributed by atoms with Gasteiger partial charge in [-0.3, -0.25) is 4.79 Å². The molecule has 6 rings (SSSR count). The van der Waals surface area contributed by atoms with Crippen LogP contribution < -0.4 is 0 Å². The van der Waals surface area contributed by atoms with Crippen LogP contribution in [0.15, 0.2) is 18.1 Å². The Labute approximate surface area is 149 Å². The van der Waals surface area contributed by atoms with E-state index in [1.807, 2.05) is 0 Å². The number of hydrogen-bond donors (Lipinski definition) is 0. The van der Waals surface area contributed by atoms with Crippen LogP contribution in [0.2, 0.25) is 0 Å². The van der Waals surface area contributed by atoms with Gasteiger partial charge in [-0.15, -0.1) is 0 Å². The number of carbonyl (C=O) groups is 1. The minimum absolute atomic E-state index is 0.00607. The van der Waals surface area contributed by atoms with Gasteiger partial charge in [0, 0.05) is 42.9 Å². The van der Waals surface area contributed by atoms with Crippen molar-refractivity contribution >= 4 is 5.91 Å². The summed E-state index contributed by atoms with van der Waals surface area (Å²) in [6.07, 6.45) is -4.78. The highest BCUT2D eigenvalue weighted by Crippen LogP contribution is 2.41. The molecule has 1 aliphatic carbocycles. The van der Waals surface area contributed by atoms with E-state index in [2.05, 4.69) is 0 Å². The molecular formula is C19H24N2O. The van der Waals surface area contributed by atoms with Crippen LogP contribution in [-0.4, -0.2) is 47.8 Å². The third-order valence-corrected chi connectivity index (χ3v) is 4.88. The van der Waals surface area contributed by atoms with Crippen LogP contribution in [0.25, 0.3) is 0 Å². The fourth-order valence-corrected chi connectivity index (χ4v) is 3.79. The van der Waals surface area contributed by atoms with Gasteiger partial charge in [0.05, 0.1) is 4.11 Å². The third-order valence-electron chi connectivity index (χ3n) is 4.88. The molecule has 3 nitrogen and oxygen atoms in total. The average molecular weight is 308 g/mol. The molecule has 4 heterocycles. The zero-order chi connectivity index (χ0) is 25.4. The van der Waals surface area contributed by atoms with Gasteiger partial charge >= 0.3 is 0 Å². The maximum Gasteiger partial charge on any atom is 0.254 e. The van der Waals surface area contributed by atoms with Crippen molar-refractivity contribution in [2.75, 3.05) is 26.1 Å². The van der Waals surface area contributed by atoms with Crippen molar-refractivity contribution in [3.63, 3.8) is 0 Å². The number of benzene rings is 1. The van der Waals surface area contributed by atoms with E-state index in [4.69, 9.17) is 16.4 Å². The molecule has 116 valence electrons. The second kappa shape index (κ2) is 4.82. The van der Waals surface area contributed by atoms with Crippen molar-refractivity contribution in [2.24, 2.45) is 5.89 Å². The minimum Gasteiger partial charge on any atom is -0.333 e. The number of fused-ring (bicyclic) bond motifs is 3. The summed E-state index contributed by atoms with van der Waals surface area (Å²) < 4.78 is 101. The van der Waals surface area contributed by atoms with E-state index in [-0.39, 0.29) is 49.0 Å². The Balaban J connectivity index is 1.72. The van der Waals surface area contributed by atoms with Crippen LogP contribution in [0.1, 0.15) is 69.5 Å². The Bertz CT molecular complexity index is 1120. The van der Waals surface area contributed by atoms with Crippen LogP contribution in [0, 0.1) is 5.89 Å². The number of amides is 1. The minimum atomic E-state index is -2.82. The molecule has 0 aromatic heterocycles. The molecule has 0 spiro atoms. The highest BCUT2D eigenvalue weighted by Gasteiger charge is 2.43. The van der Waals surface area contributed by atoms with E-state index in [9.17, 15) is 4.79 Å². The summed E-state index contributed by atoms with van der Waals surface area (Å²) in [5.74, 6) is -3.80. The van der Waals surface area contributed by atoms with Crippen molar-refractivity contribution in [1.29, 1.82) is 0 Å². The lowest BCUT2D eigenvalue weighted by molar-refractivity contribution is 0.00258. The third kappa shape index (κ3) is 1.81. The predicted molar refractivity (Wildman–Crippen MR) is 86.1 cm³/mol. The van der Waals surface area contributed by atoms with Gasteiger partial charge in [-0.05, 0) is 68.1 Å². The fraction of sp³-hybridized carbons (Fsp3) is 0.632. The monoisotopic (exact) mass is 308 g/mol. The van der Waals surface area contributed by atoms with Gasteiger partial charge in [-0.25, -0.2) is 0 Å². The Kier molecular flexibility index (Phi) is 1.30. The molecule has 0 saturated carbocycles. The Hall–Kier alpha value is -1.35. The quantitative estimate of drug-likeness (QED) is 0.796. The first kappa shape index (κ1) is 5.94. The van der Waals surface area contributed by atoms with E-state index >= 15 is 0 Å². The first-order chi connectivity index (χ1) is 15.4. The second-order valence-electron chi connectivity index (χ2n) is 6.10. The average Bonchev–Trinajstić information content (AvgIpc) is 2.70. The molecule has 1 aromatic carbocycles. The van der Waals surface area contributed by atoms with Crippen LogP contribution in [0.3, 0.4) is 0 Å². The van der Waals surface area contributed by atoms with Gasteiger partial charge in [0.2, 0.25) is 0 Å². The second-order valence-corrected chi connectivity index (χ2v) is 6.10. The van der Waals surface area contributed by atoms with E-state index in [1.54, 1.807) is 0 Å². The Morgan fingerprint density at radius 3 is 3.27 bits per heavy atom. The SMILES string of the molecule is [2H]c1c([2H])c2c3c(c1[2H])C([2H])([2H])CC[C@@H]3CN([C@@H]1C([2H])([2H])N3CC[C@]1([2H])C([2H])([2H])C3([2H])[2H])C2=O. The molecule has 22 heavy (non-hydrogen) atoms. The van der Waals surface area contributed by atoms with E-state index in [0.717, 1.165) is 9.80 Å². The largest absolute Gasteiger partial charge is 0.333 e. The zero-order valence-corrected chi connectivity index (χ0v) is 12.0. The normalized spacial score (nSPS) is 56.8. The lowest BCUT2D eigenvalue weighted by Crippen LogP contribution is -2.60. The zero-order valence-electron chi connectivity index (χ0n) is 24.0. The van der Waals surface area contributed by atoms with Crippen LogP contribution in [0.4, 0.5) is 0 Å². The van der Waals surface area contributed by atoms with Crippen molar-refractivity contribution in [3.05, 3.63) is 34.8 Å². The molecule has 0 N–H and O–H groups in total. The molecule has 1 aromatic rings. The van der Waals surface area contributed by atoms with Crippen molar-refractivity contribution in [2.45, 2.75) is 44.0 Å². The number of carbonyl (C=O) groups excluding carboxylic acids is 1. The van der Waals surface area contributed by atoms with Crippen molar-refractivity contribution in [1.82, 2.24) is 9.80 Å². The lowest BCUT2D eigenvalue weighted by atomic mass is 9.75. The van der Waals surface area contributed by atoms with E-state index in [0.29, 0.717) is 0 Å². The maximum absolute atomic E-state index is 13.8. The smallest absolute Gasteiger partial charge is 0.254 e. The van der Waals surface area contributed by atoms with Crippen molar-refractivity contribution in [3.8, 4) is 0 Å². The molecule has 3 fully saturated rings. The summed E-state index contributed by atoms with van der Waals surface area (Å²) in [4.78, 5) is 15.5. The van der Waals surface area contributed by atoms with Crippen LogP contribution in [-0.2, 0) is 6.37 Å².